The summed E-state index contributed by atoms with van der Waals surface area (Å²) in [6, 6.07) is 4.43. The minimum absolute atomic E-state index is 0.0811. The van der Waals surface area contributed by atoms with Gasteiger partial charge in [0.25, 0.3) is 0 Å². The zero-order chi connectivity index (χ0) is 13.8. The Morgan fingerprint density at radius 3 is 2.50 bits per heavy atom. The highest BCUT2D eigenvalue weighted by Crippen LogP contribution is 2.37. The third kappa shape index (κ3) is 4.90. The molecule has 0 aromatic heterocycles. The van der Waals surface area contributed by atoms with E-state index in [1.54, 1.807) is 6.07 Å². The number of alkyl halides is 4. The molecule has 100 valence electrons. The molecular formula is C12H12ClF3OS. The lowest BCUT2D eigenvalue weighted by Crippen LogP contribution is -2.06. The molecule has 0 spiro atoms. The van der Waals surface area contributed by atoms with Gasteiger partial charge in [-0.1, -0.05) is 13.0 Å². The Balaban J connectivity index is 2.93. The maximum atomic E-state index is 12.2. The SMILES string of the molecule is CCc1cc(SC(F)(F)F)ccc1CC(=O)CCl. The van der Waals surface area contributed by atoms with Gasteiger partial charge in [0.05, 0.1) is 5.88 Å². The Hall–Kier alpha value is -0.680. The summed E-state index contributed by atoms with van der Waals surface area (Å²) in [6.45, 7) is 1.84. The van der Waals surface area contributed by atoms with Crippen LogP contribution in [0.25, 0.3) is 0 Å². The Kier molecular flexibility index (Phi) is 5.53. The van der Waals surface area contributed by atoms with Crippen LogP contribution in [0.15, 0.2) is 23.1 Å². The normalized spacial score (nSPS) is 11.6. The van der Waals surface area contributed by atoms with Crippen molar-refractivity contribution in [3.05, 3.63) is 29.3 Å². The van der Waals surface area contributed by atoms with Crippen molar-refractivity contribution >= 4 is 29.1 Å². The number of carbonyl (C=O) groups excluding carboxylic acids is 1. The number of Topliss-reactive ketones (excluding diaryl/α,β-unsaturated/α-hetero) is 1. The fraction of sp³-hybridized carbons (Fsp3) is 0.417. The Bertz CT molecular complexity index is 432. The van der Waals surface area contributed by atoms with Crippen molar-refractivity contribution < 1.29 is 18.0 Å². The average Bonchev–Trinajstić information content (AvgIpc) is 2.28. The highest BCUT2D eigenvalue weighted by molar-refractivity contribution is 8.00. The zero-order valence-corrected chi connectivity index (χ0v) is 11.3. The van der Waals surface area contributed by atoms with Crippen molar-refractivity contribution in [3.8, 4) is 0 Å². The molecule has 18 heavy (non-hydrogen) atoms. The molecular weight excluding hydrogens is 285 g/mol. The van der Waals surface area contributed by atoms with Gasteiger partial charge in [-0.2, -0.15) is 13.2 Å². The molecule has 1 rings (SSSR count). The second-order valence-corrected chi connectivity index (χ2v) is 5.09. The first-order valence-corrected chi connectivity index (χ1v) is 6.66. The first-order valence-electron chi connectivity index (χ1n) is 5.31. The van der Waals surface area contributed by atoms with Gasteiger partial charge in [-0.15, -0.1) is 11.6 Å². The van der Waals surface area contributed by atoms with Crippen LogP contribution in [0, 0.1) is 0 Å². The van der Waals surface area contributed by atoms with Gasteiger partial charge in [-0.05, 0) is 41.4 Å². The van der Waals surface area contributed by atoms with E-state index in [0.717, 1.165) is 11.1 Å². The number of aryl methyl sites for hydroxylation is 1. The van der Waals surface area contributed by atoms with E-state index in [1.165, 1.54) is 12.1 Å². The third-order valence-electron chi connectivity index (χ3n) is 2.33. The van der Waals surface area contributed by atoms with Crippen LogP contribution in [0.4, 0.5) is 13.2 Å². The molecule has 1 aromatic rings. The Labute approximate surface area is 113 Å². The van der Waals surface area contributed by atoms with Gasteiger partial charge in [0.1, 0.15) is 0 Å². The van der Waals surface area contributed by atoms with Crippen LogP contribution in [-0.2, 0) is 17.6 Å². The minimum Gasteiger partial charge on any atom is -0.298 e. The van der Waals surface area contributed by atoms with Crippen molar-refractivity contribution in [1.29, 1.82) is 0 Å². The number of hydrogen-bond acceptors (Lipinski definition) is 2. The topological polar surface area (TPSA) is 17.1 Å². The maximum absolute atomic E-state index is 12.2. The number of halogens is 4. The van der Waals surface area contributed by atoms with E-state index in [4.69, 9.17) is 11.6 Å². The second kappa shape index (κ2) is 6.48. The van der Waals surface area contributed by atoms with Gasteiger partial charge in [-0.25, -0.2) is 0 Å². The van der Waals surface area contributed by atoms with Crippen molar-refractivity contribution in [3.63, 3.8) is 0 Å². The van der Waals surface area contributed by atoms with Gasteiger partial charge in [0, 0.05) is 11.3 Å². The summed E-state index contributed by atoms with van der Waals surface area (Å²) in [5.41, 5.74) is -2.80. The molecule has 0 fully saturated rings. The summed E-state index contributed by atoms with van der Waals surface area (Å²) in [6.07, 6.45) is 0.751. The van der Waals surface area contributed by atoms with Crippen molar-refractivity contribution in [1.82, 2.24) is 0 Å². The van der Waals surface area contributed by atoms with Crippen LogP contribution in [-0.4, -0.2) is 17.2 Å². The summed E-state index contributed by atoms with van der Waals surface area (Å²) < 4.78 is 36.7. The summed E-state index contributed by atoms with van der Waals surface area (Å²) in [7, 11) is 0. The molecule has 0 aliphatic rings. The summed E-state index contributed by atoms with van der Waals surface area (Å²) in [4.78, 5) is 11.4. The van der Waals surface area contributed by atoms with E-state index in [1.807, 2.05) is 6.92 Å². The first-order chi connectivity index (χ1) is 8.35. The summed E-state index contributed by atoms with van der Waals surface area (Å²) >= 11 is 5.27. The number of hydrogen-bond donors (Lipinski definition) is 0. The monoisotopic (exact) mass is 296 g/mol. The van der Waals surface area contributed by atoms with Crippen LogP contribution < -0.4 is 0 Å². The molecule has 6 heteroatoms. The van der Waals surface area contributed by atoms with E-state index in [0.29, 0.717) is 6.42 Å². The van der Waals surface area contributed by atoms with Crippen LogP contribution in [0.5, 0.6) is 0 Å². The molecule has 0 radical (unpaired) electrons. The summed E-state index contributed by atoms with van der Waals surface area (Å²) in [5, 5.41) is 0. The molecule has 0 unspecified atom stereocenters. The van der Waals surface area contributed by atoms with Crippen LogP contribution in [0.2, 0.25) is 0 Å². The van der Waals surface area contributed by atoms with Crippen molar-refractivity contribution in [2.45, 2.75) is 30.2 Å². The van der Waals surface area contributed by atoms with Gasteiger partial charge < -0.3 is 0 Å². The van der Waals surface area contributed by atoms with E-state index < -0.39 is 5.51 Å². The first kappa shape index (κ1) is 15.4. The molecule has 0 aliphatic carbocycles. The highest BCUT2D eigenvalue weighted by Gasteiger charge is 2.29. The number of rotatable bonds is 5. The molecule has 0 saturated heterocycles. The lowest BCUT2D eigenvalue weighted by Gasteiger charge is -2.10. The number of ketones is 1. The molecule has 0 heterocycles. The zero-order valence-electron chi connectivity index (χ0n) is 9.68. The number of thioether (sulfide) groups is 1. The van der Waals surface area contributed by atoms with E-state index in [9.17, 15) is 18.0 Å². The maximum Gasteiger partial charge on any atom is 0.446 e. The van der Waals surface area contributed by atoms with Crippen LogP contribution in [0.3, 0.4) is 0 Å². The fourth-order valence-electron chi connectivity index (χ4n) is 1.56. The predicted molar refractivity (Wildman–Crippen MR) is 67.2 cm³/mol. The molecule has 1 nitrogen and oxygen atoms in total. The predicted octanol–water partition coefficient (Wildman–Crippen LogP) is 4.21. The largest absolute Gasteiger partial charge is 0.446 e. The van der Waals surface area contributed by atoms with Crippen molar-refractivity contribution in [2.75, 3.05) is 5.88 Å². The molecule has 0 amide bonds. The molecule has 0 atom stereocenters. The summed E-state index contributed by atoms with van der Waals surface area (Å²) in [5.74, 6) is -0.218. The molecule has 0 N–H and O–H groups in total. The third-order valence-corrected chi connectivity index (χ3v) is 3.35. The van der Waals surface area contributed by atoms with Gasteiger partial charge in [0.2, 0.25) is 0 Å². The quantitative estimate of drug-likeness (QED) is 0.598. The fourth-order valence-corrected chi connectivity index (χ4v) is 2.26. The lowest BCUT2D eigenvalue weighted by atomic mass is 10.0. The van der Waals surface area contributed by atoms with E-state index >= 15 is 0 Å². The lowest BCUT2D eigenvalue weighted by molar-refractivity contribution is -0.116. The highest BCUT2D eigenvalue weighted by atomic mass is 35.5. The van der Waals surface area contributed by atoms with Crippen LogP contribution >= 0.6 is 23.4 Å². The van der Waals surface area contributed by atoms with Crippen LogP contribution in [0.1, 0.15) is 18.1 Å². The second-order valence-electron chi connectivity index (χ2n) is 3.68. The standard InChI is InChI=1S/C12H12ClF3OS/c1-2-8-6-11(18-12(14,15)16)4-3-9(8)5-10(17)7-13/h3-4,6H,2,5,7H2,1H3. The smallest absolute Gasteiger partial charge is 0.298 e. The minimum atomic E-state index is -4.29. The number of benzene rings is 1. The number of carbonyl (C=O) groups is 1. The van der Waals surface area contributed by atoms with Crippen molar-refractivity contribution in [2.24, 2.45) is 0 Å². The van der Waals surface area contributed by atoms with Gasteiger partial charge in [-0.3, -0.25) is 4.79 Å². The van der Waals surface area contributed by atoms with Gasteiger partial charge >= 0.3 is 5.51 Å². The Morgan fingerprint density at radius 1 is 1.33 bits per heavy atom. The van der Waals surface area contributed by atoms with E-state index in [-0.39, 0.29) is 34.7 Å². The van der Waals surface area contributed by atoms with E-state index in [2.05, 4.69) is 0 Å². The molecule has 0 bridgehead atoms. The molecule has 0 saturated carbocycles. The Morgan fingerprint density at radius 2 is 2.00 bits per heavy atom. The van der Waals surface area contributed by atoms with Gasteiger partial charge in [0.15, 0.2) is 5.78 Å². The molecule has 1 aromatic carbocycles. The average molecular weight is 297 g/mol. The molecule has 0 aliphatic heterocycles.